The quantitative estimate of drug-likeness (QED) is 0.583. The van der Waals surface area contributed by atoms with Gasteiger partial charge in [-0.1, -0.05) is 18.2 Å². The SMILES string of the molecule is C=O.Oc1ccccc1.[C]. The van der Waals surface area contributed by atoms with Crippen molar-refractivity contribution < 1.29 is 9.90 Å². The van der Waals surface area contributed by atoms with Gasteiger partial charge < -0.3 is 9.90 Å². The van der Waals surface area contributed by atoms with Gasteiger partial charge in [0.15, 0.2) is 0 Å². The molecule has 0 aliphatic carbocycles. The van der Waals surface area contributed by atoms with Crippen molar-refractivity contribution in [1.29, 1.82) is 0 Å². The number of rotatable bonds is 0. The summed E-state index contributed by atoms with van der Waals surface area (Å²) in [6.07, 6.45) is 0. The summed E-state index contributed by atoms with van der Waals surface area (Å²) >= 11 is 0. The summed E-state index contributed by atoms with van der Waals surface area (Å²) in [5, 5.41) is 8.63. The summed E-state index contributed by atoms with van der Waals surface area (Å²) in [5.41, 5.74) is 0. The van der Waals surface area contributed by atoms with Gasteiger partial charge in [0.2, 0.25) is 0 Å². The third kappa shape index (κ3) is 4.84. The Morgan fingerprint density at radius 1 is 1.10 bits per heavy atom. The number of carbonyl (C=O) groups excluding carboxylic acids is 1. The van der Waals surface area contributed by atoms with Gasteiger partial charge in [0.1, 0.15) is 12.5 Å². The minimum absolute atomic E-state index is 0. The Morgan fingerprint density at radius 3 is 1.70 bits per heavy atom. The lowest BCUT2D eigenvalue weighted by atomic mass is 10.3. The van der Waals surface area contributed by atoms with Crippen molar-refractivity contribution in [3.8, 4) is 5.75 Å². The Hall–Kier alpha value is -1.31. The molecule has 0 aromatic heterocycles. The van der Waals surface area contributed by atoms with E-state index in [1.807, 2.05) is 12.9 Å². The van der Waals surface area contributed by atoms with E-state index in [1.54, 1.807) is 24.3 Å². The number of hydrogen-bond acceptors (Lipinski definition) is 2. The topological polar surface area (TPSA) is 37.3 Å². The second kappa shape index (κ2) is 7.69. The first kappa shape index (κ1) is 11.5. The summed E-state index contributed by atoms with van der Waals surface area (Å²) < 4.78 is 0. The Labute approximate surface area is 61.1 Å². The maximum Gasteiger partial charge on any atom is 0.115 e. The van der Waals surface area contributed by atoms with E-state index in [4.69, 9.17) is 9.90 Å². The summed E-state index contributed by atoms with van der Waals surface area (Å²) in [6.45, 7) is 2.00. The summed E-state index contributed by atoms with van der Waals surface area (Å²) in [5.74, 6) is 0.322. The highest BCUT2D eigenvalue weighted by atomic mass is 16.3. The molecule has 52 valence electrons. The molecular weight excluding hydrogens is 128 g/mol. The second-order valence-corrected chi connectivity index (χ2v) is 1.34. The van der Waals surface area contributed by atoms with Crippen LogP contribution in [0.15, 0.2) is 30.3 Å². The molecule has 2 heteroatoms. The molecule has 1 rings (SSSR count). The van der Waals surface area contributed by atoms with Crippen molar-refractivity contribution in [3.05, 3.63) is 37.8 Å². The molecule has 0 aliphatic heterocycles. The summed E-state index contributed by atoms with van der Waals surface area (Å²) in [7, 11) is 0. The number of hydrogen-bond donors (Lipinski definition) is 1. The standard InChI is InChI=1S/C6H6O.CH2O.C/c7-6-4-2-1-3-5-6;1-2;/h1-5,7H;1H2;. The number of phenols is 1. The normalized spacial score (nSPS) is 6.40. The first-order chi connectivity index (χ1) is 4.39. The van der Waals surface area contributed by atoms with Crippen molar-refractivity contribution in [3.63, 3.8) is 0 Å². The molecule has 0 bridgehead atoms. The van der Waals surface area contributed by atoms with Crippen molar-refractivity contribution in [2.24, 2.45) is 0 Å². The third-order valence-electron chi connectivity index (χ3n) is 0.756. The third-order valence-corrected chi connectivity index (χ3v) is 0.756. The maximum atomic E-state index is 8.63. The van der Waals surface area contributed by atoms with Crippen LogP contribution in [0.3, 0.4) is 0 Å². The van der Waals surface area contributed by atoms with Gasteiger partial charge in [-0.15, -0.1) is 0 Å². The fourth-order valence-corrected chi connectivity index (χ4v) is 0.428. The molecule has 0 saturated carbocycles. The van der Waals surface area contributed by atoms with E-state index in [1.165, 1.54) is 0 Å². The van der Waals surface area contributed by atoms with Crippen LogP contribution in [0, 0.1) is 7.43 Å². The molecule has 0 atom stereocenters. The van der Waals surface area contributed by atoms with Gasteiger partial charge in [-0.3, -0.25) is 0 Å². The molecule has 10 heavy (non-hydrogen) atoms. The molecule has 1 N–H and O–H groups in total. The zero-order valence-corrected chi connectivity index (χ0v) is 5.45. The van der Waals surface area contributed by atoms with Crippen LogP contribution in [0.1, 0.15) is 0 Å². The molecule has 0 amide bonds. The zero-order valence-electron chi connectivity index (χ0n) is 5.45. The van der Waals surface area contributed by atoms with Crippen molar-refractivity contribution in [2.45, 2.75) is 0 Å². The first-order valence-electron chi connectivity index (χ1n) is 2.42. The van der Waals surface area contributed by atoms with Crippen LogP contribution in [0.5, 0.6) is 5.75 Å². The highest BCUT2D eigenvalue weighted by Gasteiger charge is 1.74. The van der Waals surface area contributed by atoms with E-state index in [0.717, 1.165) is 0 Å². The van der Waals surface area contributed by atoms with Crippen LogP contribution < -0.4 is 0 Å². The summed E-state index contributed by atoms with van der Waals surface area (Å²) in [4.78, 5) is 8.00. The summed E-state index contributed by atoms with van der Waals surface area (Å²) in [6, 6.07) is 8.71. The van der Waals surface area contributed by atoms with Crippen LogP contribution in [0.2, 0.25) is 0 Å². The molecule has 1 aromatic rings. The number of aromatic hydroxyl groups is 1. The van der Waals surface area contributed by atoms with E-state index in [9.17, 15) is 0 Å². The lowest BCUT2D eigenvalue weighted by Gasteiger charge is -1.82. The number of benzene rings is 1. The van der Waals surface area contributed by atoms with Gasteiger partial charge in [-0.2, -0.15) is 0 Å². The van der Waals surface area contributed by atoms with Crippen LogP contribution in [0.4, 0.5) is 0 Å². The molecule has 2 nitrogen and oxygen atoms in total. The Balaban J connectivity index is 0. The minimum atomic E-state index is 0. The first-order valence-corrected chi connectivity index (χ1v) is 2.42. The van der Waals surface area contributed by atoms with E-state index in [-0.39, 0.29) is 7.43 Å². The largest absolute Gasteiger partial charge is 0.508 e. The number of carbonyl (C=O) groups is 1. The van der Waals surface area contributed by atoms with Crippen molar-refractivity contribution >= 4 is 6.79 Å². The van der Waals surface area contributed by atoms with Gasteiger partial charge in [-0.25, -0.2) is 0 Å². The highest BCUT2D eigenvalue weighted by molar-refractivity contribution is 5.18. The van der Waals surface area contributed by atoms with Gasteiger partial charge in [0.05, 0.1) is 0 Å². The van der Waals surface area contributed by atoms with Crippen LogP contribution in [-0.4, -0.2) is 11.9 Å². The van der Waals surface area contributed by atoms with Gasteiger partial charge in [0, 0.05) is 7.43 Å². The average molecular weight is 136 g/mol. The van der Waals surface area contributed by atoms with E-state index in [2.05, 4.69) is 0 Å². The maximum absolute atomic E-state index is 8.63. The molecule has 0 heterocycles. The van der Waals surface area contributed by atoms with Gasteiger partial charge in [-0.05, 0) is 12.1 Å². The number of phenolic OH excluding ortho intramolecular Hbond substituents is 1. The minimum Gasteiger partial charge on any atom is -0.508 e. The predicted molar refractivity (Wildman–Crippen MR) is 38.5 cm³/mol. The van der Waals surface area contributed by atoms with Crippen LogP contribution in [0.25, 0.3) is 0 Å². The molecule has 0 saturated heterocycles. The van der Waals surface area contributed by atoms with E-state index in [0.29, 0.717) is 5.75 Å². The zero-order chi connectivity index (χ0) is 7.11. The van der Waals surface area contributed by atoms with Crippen LogP contribution >= 0.6 is 0 Å². The fourth-order valence-electron chi connectivity index (χ4n) is 0.428. The van der Waals surface area contributed by atoms with Gasteiger partial charge >= 0.3 is 0 Å². The predicted octanol–water partition coefficient (Wildman–Crippen LogP) is 1.29. The Kier molecular flexibility index (Phi) is 8.83. The van der Waals surface area contributed by atoms with E-state index < -0.39 is 0 Å². The second-order valence-electron chi connectivity index (χ2n) is 1.34. The van der Waals surface area contributed by atoms with E-state index >= 15 is 0 Å². The molecule has 0 fully saturated rings. The van der Waals surface area contributed by atoms with Crippen molar-refractivity contribution in [1.82, 2.24) is 0 Å². The lowest BCUT2D eigenvalue weighted by molar-refractivity contribution is -0.0979. The lowest BCUT2D eigenvalue weighted by Crippen LogP contribution is -1.56. The van der Waals surface area contributed by atoms with Crippen LogP contribution in [-0.2, 0) is 4.79 Å². The molecule has 4 radical (unpaired) electrons. The fraction of sp³-hybridized carbons (Fsp3) is 0. The highest BCUT2D eigenvalue weighted by Crippen LogP contribution is 2.02. The average Bonchev–Trinajstić information content (AvgIpc) is 1.94. The molecule has 1 aromatic carbocycles. The van der Waals surface area contributed by atoms with Crippen molar-refractivity contribution in [2.75, 3.05) is 0 Å². The Morgan fingerprint density at radius 2 is 1.50 bits per heavy atom. The molecule has 0 aliphatic rings. The molecule has 0 spiro atoms. The molecule has 0 unspecified atom stereocenters. The smallest absolute Gasteiger partial charge is 0.115 e. The Bertz CT molecular complexity index is 149. The number of para-hydroxylation sites is 1. The monoisotopic (exact) mass is 136 g/mol. The molecular formula is C8H8O2. The van der Waals surface area contributed by atoms with Gasteiger partial charge in [0.25, 0.3) is 0 Å².